The predicted octanol–water partition coefficient (Wildman–Crippen LogP) is 1.92. The number of amides is 1. The Balaban J connectivity index is 1.66. The molecule has 0 spiro atoms. The van der Waals surface area contributed by atoms with Crippen LogP contribution in [0.15, 0.2) is 0 Å². The fourth-order valence-corrected chi connectivity index (χ4v) is 3.46. The molecule has 4 heteroatoms. The van der Waals surface area contributed by atoms with Crippen molar-refractivity contribution in [2.75, 3.05) is 26.2 Å². The zero-order chi connectivity index (χ0) is 14.4. The van der Waals surface area contributed by atoms with E-state index in [1.807, 2.05) is 4.90 Å². The molecular weight excluding hydrogens is 252 g/mol. The molecule has 1 saturated heterocycles. The van der Waals surface area contributed by atoms with Gasteiger partial charge >= 0.3 is 0 Å². The molecule has 1 heterocycles. The number of hydrogen-bond donors (Lipinski definition) is 2. The minimum absolute atomic E-state index is 0.190. The second-order valence-corrected chi connectivity index (χ2v) is 6.62. The van der Waals surface area contributed by atoms with Crippen molar-refractivity contribution in [1.29, 1.82) is 0 Å². The van der Waals surface area contributed by atoms with Crippen molar-refractivity contribution in [3.8, 4) is 0 Å². The van der Waals surface area contributed by atoms with Crippen molar-refractivity contribution in [2.45, 2.75) is 63.9 Å². The van der Waals surface area contributed by atoms with Crippen LogP contribution < -0.4 is 5.32 Å². The molecule has 116 valence electrons. The van der Waals surface area contributed by atoms with E-state index in [0.29, 0.717) is 13.1 Å². The van der Waals surface area contributed by atoms with E-state index in [9.17, 15) is 9.90 Å². The molecule has 2 aliphatic rings. The lowest BCUT2D eigenvalue weighted by Crippen LogP contribution is -2.47. The summed E-state index contributed by atoms with van der Waals surface area (Å²) in [6.45, 7) is 4.97. The van der Waals surface area contributed by atoms with Gasteiger partial charge in [-0.2, -0.15) is 0 Å². The summed E-state index contributed by atoms with van der Waals surface area (Å²) in [7, 11) is 0. The van der Waals surface area contributed by atoms with Crippen LogP contribution in [0.5, 0.6) is 0 Å². The average Bonchev–Trinajstić information content (AvgIpc) is 2.49. The molecule has 1 aliphatic carbocycles. The van der Waals surface area contributed by atoms with E-state index in [4.69, 9.17) is 0 Å². The van der Waals surface area contributed by atoms with Gasteiger partial charge in [0, 0.05) is 19.6 Å². The Morgan fingerprint density at radius 1 is 1.25 bits per heavy atom. The number of piperidine rings is 1. The second kappa shape index (κ2) is 7.41. The van der Waals surface area contributed by atoms with Crippen molar-refractivity contribution < 1.29 is 9.90 Å². The quantitative estimate of drug-likeness (QED) is 0.810. The molecule has 0 atom stereocenters. The standard InChI is InChI=1S/C16H30N2O2/c1-2-14-6-8-16(20,9-7-14)13-17-12-15(19)18-10-4-3-5-11-18/h14,17,20H,2-13H2,1H3. The molecule has 2 N–H and O–H groups in total. The van der Waals surface area contributed by atoms with Crippen LogP contribution in [0.1, 0.15) is 58.3 Å². The molecule has 0 aromatic heterocycles. The molecule has 4 nitrogen and oxygen atoms in total. The van der Waals surface area contributed by atoms with Gasteiger partial charge in [0.1, 0.15) is 0 Å². The first-order valence-corrected chi connectivity index (χ1v) is 8.34. The lowest BCUT2D eigenvalue weighted by atomic mass is 9.78. The van der Waals surface area contributed by atoms with Crippen LogP contribution in [0.4, 0.5) is 0 Å². The third kappa shape index (κ3) is 4.45. The van der Waals surface area contributed by atoms with Gasteiger partial charge in [-0.3, -0.25) is 4.79 Å². The Bertz CT molecular complexity index is 306. The van der Waals surface area contributed by atoms with Gasteiger partial charge in [0.05, 0.1) is 12.1 Å². The zero-order valence-corrected chi connectivity index (χ0v) is 12.9. The number of likely N-dealkylation sites (tertiary alicyclic amines) is 1. The molecule has 20 heavy (non-hydrogen) atoms. The summed E-state index contributed by atoms with van der Waals surface area (Å²) in [4.78, 5) is 14.0. The third-order valence-electron chi connectivity index (χ3n) is 5.05. The Morgan fingerprint density at radius 2 is 1.90 bits per heavy atom. The Hall–Kier alpha value is -0.610. The van der Waals surface area contributed by atoms with Crippen molar-refractivity contribution in [3.63, 3.8) is 0 Å². The largest absolute Gasteiger partial charge is 0.389 e. The van der Waals surface area contributed by atoms with E-state index >= 15 is 0 Å². The predicted molar refractivity (Wildman–Crippen MR) is 80.5 cm³/mol. The summed E-state index contributed by atoms with van der Waals surface area (Å²) >= 11 is 0. The minimum atomic E-state index is -0.589. The Labute approximate surface area is 122 Å². The van der Waals surface area contributed by atoms with Gasteiger partial charge in [0.2, 0.25) is 5.91 Å². The van der Waals surface area contributed by atoms with Gasteiger partial charge < -0.3 is 15.3 Å². The number of rotatable bonds is 5. The van der Waals surface area contributed by atoms with Gasteiger partial charge in [0.15, 0.2) is 0 Å². The molecule has 1 amide bonds. The van der Waals surface area contributed by atoms with Gasteiger partial charge in [-0.15, -0.1) is 0 Å². The maximum absolute atomic E-state index is 12.0. The normalized spacial score (nSPS) is 31.3. The molecule has 1 aliphatic heterocycles. The first-order valence-electron chi connectivity index (χ1n) is 8.34. The van der Waals surface area contributed by atoms with E-state index in [1.54, 1.807) is 0 Å². The van der Waals surface area contributed by atoms with E-state index in [-0.39, 0.29) is 5.91 Å². The fourth-order valence-electron chi connectivity index (χ4n) is 3.46. The molecule has 0 aromatic rings. The zero-order valence-electron chi connectivity index (χ0n) is 12.9. The van der Waals surface area contributed by atoms with Crippen LogP contribution in [0, 0.1) is 5.92 Å². The molecule has 2 rings (SSSR count). The van der Waals surface area contributed by atoms with Gasteiger partial charge in [-0.05, 0) is 50.9 Å². The number of nitrogens with zero attached hydrogens (tertiary/aromatic N) is 1. The van der Waals surface area contributed by atoms with Crippen molar-refractivity contribution in [3.05, 3.63) is 0 Å². The third-order valence-corrected chi connectivity index (χ3v) is 5.05. The number of aliphatic hydroxyl groups is 1. The molecule has 2 fully saturated rings. The van der Waals surface area contributed by atoms with Crippen LogP contribution in [-0.2, 0) is 4.79 Å². The van der Waals surface area contributed by atoms with Crippen LogP contribution in [-0.4, -0.2) is 47.7 Å². The van der Waals surface area contributed by atoms with Crippen molar-refractivity contribution in [1.82, 2.24) is 10.2 Å². The number of nitrogens with one attached hydrogen (secondary N) is 1. The maximum atomic E-state index is 12.0. The van der Waals surface area contributed by atoms with Gasteiger partial charge in [-0.25, -0.2) is 0 Å². The summed E-state index contributed by atoms with van der Waals surface area (Å²) in [5.74, 6) is 0.973. The molecule has 1 saturated carbocycles. The van der Waals surface area contributed by atoms with E-state index < -0.39 is 5.60 Å². The van der Waals surface area contributed by atoms with Crippen molar-refractivity contribution in [2.24, 2.45) is 5.92 Å². The minimum Gasteiger partial charge on any atom is -0.389 e. The number of carbonyl (C=O) groups is 1. The molecular formula is C16H30N2O2. The smallest absolute Gasteiger partial charge is 0.236 e. The maximum Gasteiger partial charge on any atom is 0.236 e. The number of hydrogen-bond acceptors (Lipinski definition) is 3. The summed E-state index contributed by atoms with van der Waals surface area (Å²) in [6, 6.07) is 0. The Kier molecular flexibility index (Phi) is 5.85. The summed E-state index contributed by atoms with van der Waals surface area (Å²) in [5, 5.41) is 13.7. The molecule has 0 aromatic carbocycles. The highest BCUT2D eigenvalue weighted by Gasteiger charge is 2.32. The highest BCUT2D eigenvalue weighted by Crippen LogP contribution is 2.33. The molecule has 0 unspecified atom stereocenters. The van der Waals surface area contributed by atoms with E-state index in [1.165, 1.54) is 12.8 Å². The fraction of sp³-hybridized carbons (Fsp3) is 0.938. The first-order chi connectivity index (χ1) is 9.63. The summed E-state index contributed by atoms with van der Waals surface area (Å²) < 4.78 is 0. The highest BCUT2D eigenvalue weighted by atomic mass is 16.3. The van der Waals surface area contributed by atoms with Crippen LogP contribution in [0.3, 0.4) is 0 Å². The number of carbonyl (C=O) groups excluding carboxylic acids is 1. The average molecular weight is 282 g/mol. The Morgan fingerprint density at radius 3 is 2.50 bits per heavy atom. The summed E-state index contributed by atoms with van der Waals surface area (Å²) in [5.41, 5.74) is -0.589. The van der Waals surface area contributed by atoms with Crippen molar-refractivity contribution >= 4 is 5.91 Å². The van der Waals surface area contributed by atoms with Crippen LogP contribution in [0.2, 0.25) is 0 Å². The lowest BCUT2D eigenvalue weighted by molar-refractivity contribution is -0.131. The molecule has 0 radical (unpaired) electrons. The highest BCUT2D eigenvalue weighted by molar-refractivity contribution is 5.78. The van der Waals surface area contributed by atoms with Gasteiger partial charge in [-0.1, -0.05) is 13.3 Å². The van der Waals surface area contributed by atoms with E-state index in [0.717, 1.165) is 57.5 Å². The SMILES string of the molecule is CCC1CCC(O)(CNCC(=O)N2CCCCC2)CC1. The van der Waals surface area contributed by atoms with Crippen LogP contribution >= 0.6 is 0 Å². The first kappa shape index (κ1) is 15.8. The monoisotopic (exact) mass is 282 g/mol. The topological polar surface area (TPSA) is 52.6 Å². The summed E-state index contributed by atoms with van der Waals surface area (Å²) in [6.07, 6.45) is 8.71. The van der Waals surface area contributed by atoms with Gasteiger partial charge in [0.25, 0.3) is 0 Å². The van der Waals surface area contributed by atoms with E-state index in [2.05, 4.69) is 12.2 Å². The van der Waals surface area contributed by atoms with Crippen LogP contribution in [0.25, 0.3) is 0 Å². The lowest BCUT2D eigenvalue weighted by Gasteiger charge is -2.36. The second-order valence-electron chi connectivity index (χ2n) is 6.62. The molecule has 0 bridgehead atoms.